The molecule has 3 atom stereocenters. The molecule has 0 amide bonds. The predicted molar refractivity (Wildman–Crippen MR) is 224 cm³/mol. The van der Waals surface area contributed by atoms with Crippen molar-refractivity contribution in [2.24, 2.45) is 5.92 Å². The van der Waals surface area contributed by atoms with Gasteiger partial charge in [0.05, 0.1) is 32.9 Å². The predicted octanol–water partition coefficient (Wildman–Crippen LogP) is 9.27. The van der Waals surface area contributed by atoms with Crippen LogP contribution in [-0.4, -0.2) is 69.3 Å². The van der Waals surface area contributed by atoms with Crippen LogP contribution in [0.3, 0.4) is 0 Å². The van der Waals surface area contributed by atoms with Crippen LogP contribution in [0.15, 0.2) is 42.5 Å². The van der Waals surface area contributed by atoms with Gasteiger partial charge in [-0.05, 0) is 87.3 Å². The van der Waals surface area contributed by atoms with Crippen LogP contribution in [0.25, 0.3) is 22.0 Å². The minimum Gasteiger partial charge on any atom is -0.298 e. The van der Waals surface area contributed by atoms with Gasteiger partial charge in [-0.15, -0.1) is 0 Å². The average molecular weight is 970 g/mol. The largest absolute Gasteiger partial charge is 0.298 e. The van der Waals surface area contributed by atoms with Crippen molar-refractivity contribution >= 4 is 48.0 Å². The maximum atomic E-state index is 15.5. The van der Waals surface area contributed by atoms with E-state index in [4.69, 9.17) is 16.6 Å². The average Bonchev–Trinajstić information content (AvgIpc) is 4.14. The Morgan fingerprint density at radius 2 is 1.63 bits per heavy atom. The number of carbonyl (C=O) groups excluding carboxylic acids is 1. The lowest BCUT2D eigenvalue weighted by Crippen LogP contribution is -2.33. The monoisotopic (exact) mass is 969 g/mol. The molecule has 0 spiro atoms. The fourth-order valence-corrected chi connectivity index (χ4v) is 11.6. The van der Waals surface area contributed by atoms with Crippen LogP contribution in [0.5, 0.6) is 0 Å². The molecule has 65 heavy (non-hydrogen) atoms. The Hall–Kier alpha value is -4.87. The number of hydrogen-bond acceptors (Lipinski definition) is 8. The number of rotatable bonds is 16. The number of nitrogens with zero attached hydrogens (tertiary/aromatic N) is 5. The lowest BCUT2D eigenvalue weighted by molar-refractivity contribution is -0.120. The molecule has 8 rings (SSSR count). The summed E-state index contributed by atoms with van der Waals surface area (Å²) in [7, 11) is -7.55. The van der Waals surface area contributed by atoms with Gasteiger partial charge in [-0.25, -0.2) is 48.2 Å². The summed E-state index contributed by atoms with van der Waals surface area (Å²) in [5, 5.41) is 7.39. The summed E-state index contributed by atoms with van der Waals surface area (Å²) < 4.78 is 170. The third-order valence-corrected chi connectivity index (χ3v) is 16.9. The van der Waals surface area contributed by atoms with E-state index in [2.05, 4.69) is 22.0 Å². The molecule has 0 N–H and O–H groups in total. The number of sulfone groups is 2. The summed E-state index contributed by atoms with van der Waals surface area (Å²) in [5.74, 6) is -5.16. The summed E-state index contributed by atoms with van der Waals surface area (Å²) in [4.78, 5) is 19.0. The Kier molecular flexibility index (Phi) is 12.0. The molecular weight excluding hydrogens is 930 g/mol. The van der Waals surface area contributed by atoms with E-state index in [1.165, 1.54) is 45.0 Å². The van der Waals surface area contributed by atoms with Crippen molar-refractivity contribution in [3.05, 3.63) is 98.7 Å². The summed E-state index contributed by atoms with van der Waals surface area (Å²) in [5.41, 5.74) is -2.11. The van der Waals surface area contributed by atoms with Crippen molar-refractivity contribution in [1.82, 2.24) is 24.5 Å². The molecule has 0 unspecified atom stereocenters. The van der Waals surface area contributed by atoms with Crippen LogP contribution in [0.1, 0.15) is 104 Å². The number of hydrogen-bond donors (Lipinski definition) is 0. The van der Waals surface area contributed by atoms with Gasteiger partial charge in [-0.1, -0.05) is 30.5 Å². The summed E-state index contributed by atoms with van der Waals surface area (Å²) in [6.45, 7) is 2.29. The molecule has 3 heterocycles. The molecule has 2 fully saturated rings. The second-order valence-electron chi connectivity index (χ2n) is 17.2. The topological polar surface area (TPSA) is 134 Å². The van der Waals surface area contributed by atoms with Gasteiger partial charge in [0.2, 0.25) is 0 Å². The number of pyridine rings is 1. The SMILES string of the molecule is CCS(=O)(=O)Cc1nn(CC(F)F)c2c(-c3ccc(C#CC(C)(C)S(=O)(=O)C4CC4)nc3[C@@H](CC(=O)Cn3nc(C(F)F)c4c3C(F)(F)[C@@H]3C[C@H]43)Cc3cc(F)cc(F)c3)ccc(Cl)c12. The zero-order valence-corrected chi connectivity index (χ0v) is 37.3. The maximum absolute atomic E-state index is 15.5. The molecule has 346 valence electrons. The number of carbonyl (C=O) groups is 1. The molecule has 0 radical (unpaired) electrons. The van der Waals surface area contributed by atoms with Gasteiger partial charge in [0.25, 0.3) is 18.8 Å². The highest BCUT2D eigenvalue weighted by Crippen LogP contribution is 2.68. The number of fused-ring (bicyclic) bond motifs is 4. The van der Waals surface area contributed by atoms with E-state index < -0.39 is 120 Å². The normalized spacial score (nSPS) is 18.5. The second-order valence-corrected chi connectivity index (χ2v) is 22.8. The van der Waals surface area contributed by atoms with Crippen molar-refractivity contribution in [1.29, 1.82) is 0 Å². The summed E-state index contributed by atoms with van der Waals surface area (Å²) in [6.07, 6.45) is -6.35. The van der Waals surface area contributed by atoms with Gasteiger partial charge in [0, 0.05) is 52.2 Å². The van der Waals surface area contributed by atoms with E-state index >= 15 is 8.78 Å². The van der Waals surface area contributed by atoms with Crippen LogP contribution in [0.4, 0.5) is 35.1 Å². The molecule has 3 aromatic heterocycles. The fourth-order valence-electron chi connectivity index (χ4n) is 8.77. The Balaban J connectivity index is 1.32. The second kappa shape index (κ2) is 16.8. The molecule has 3 aliphatic carbocycles. The van der Waals surface area contributed by atoms with Crippen LogP contribution in [-0.2, 0) is 55.7 Å². The molecule has 3 aliphatic rings. The maximum Gasteiger partial charge on any atom is 0.293 e. The van der Waals surface area contributed by atoms with Crippen molar-refractivity contribution in [2.45, 2.75) is 112 Å². The number of benzene rings is 2. The van der Waals surface area contributed by atoms with E-state index in [9.17, 15) is 48.0 Å². The number of alkyl halides is 6. The molecule has 5 aromatic rings. The van der Waals surface area contributed by atoms with Crippen molar-refractivity contribution in [3.63, 3.8) is 0 Å². The van der Waals surface area contributed by atoms with Crippen LogP contribution in [0.2, 0.25) is 5.02 Å². The van der Waals surface area contributed by atoms with Gasteiger partial charge in [-0.3, -0.25) is 14.2 Å². The lowest BCUT2D eigenvalue weighted by atomic mass is 9.86. The minimum absolute atomic E-state index is 0.00451. The van der Waals surface area contributed by atoms with Crippen molar-refractivity contribution < 1.29 is 56.8 Å². The first kappa shape index (κ1) is 46.7. The van der Waals surface area contributed by atoms with Crippen LogP contribution >= 0.6 is 11.6 Å². The number of Topliss-reactive ketones (excluding diaryl/α,β-unsaturated/α-hetero) is 1. The van der Waals surface area contributed by atoms with Gasteiger partial charge >= 0.3 is 0 Å². The quantitative estimate of drug-likeness (QED) is 0.0706. The standard InChI is InChI=1S/C44H40ClF8N5O5S2/c1-4-64(60,61)21-34-37-33(45)10-9-30(40(37)57(55-34)20-35(48)49)29-8-5-26(11-12-43(2,3)65(62,63)28-6-7-28)54-38(29)23(13-22-14-24(46)17-25(47)15-22)16-27(59)19-58-41-36(39(56-58)42(50)51)31-18-32(31)44(41,52)53/h5,8-10,14-15,17,23,28,31-32,35,42H,4,6-7,13,16,18-21H2,1-3H3/t23-,31+,32-/m1/s1. The Labute approximate surface area is 373 Å². The van der Waals surface area contributed by atoms with E-state index in [-0.39, 0.29) is 73.9 Å². The highest BCUT2D eigenvalue weighted by atomic mass is 35.5. The number of ketones is 1. The summed E-state index contributed by atoms with van der Waals surface area (Å²) in [6, 6.07) is 8.17. The molecule has 10 nitrogen and oxygen atoms in total. The zero-order chi connectivity index (χ0) is 47.1. The van der Waals surface area contributed by atoms with E-state index in [1.54, 1.807) is 0 Å². The first-order valence-electron chi connectivity index (χ1n) is 20.6. The van der Waals surface area contributed by atoms with Crippen LogP contribution in [0, 0.1) is 29.4 Å². The first-order chi connectivity index (χ1) is 30.4. The van der Waals surface area contributed by atoms with Gasteiger partial charge in [-0.2, -0.15) is 19.0 Å². The smallest absolute Gasteiger partial charge is 0.293 e. The van der Waals surface area contributed by atoms with Gasteiger partial charge in [0.15, 0.2) is 25.5 Å². The zero-order valence-electron chi connectivity index (χ0n) is 34.9. The molecule has 2 aromatic carbocycles. The van der Waals surface area contributed by atoms with Gasteiger partial charge in [0.1, 0.15) is 46.6 Å². The van der Waals surface area contributed by atoms with E-state index in [0.29, 0.717) is 23.6 Å². The van der Waals surface area contributed by atoms with E-state index in [0.717, 1.165) is 16.8 Å². The Morgan fingerprint density at radius 1 is 0.954 bits per heavy atom. The van der Waals surface area contributed by atoms with Crippen molar-refractivity contribution in [2.75, 3.05) is 5.75 Å². The number of aromatic nitrogens is 5. The highest BCUT2D eigenvalue weighted by Gasteiger charge is 2.67. The third kappa shape index (κ3) is 8.92. The number of halogens is 9. The van der Waals surface area contributed by atoms with Gasteiger partial charge < -0.3 is 0 Å². The highest BCUT2D eigenvalue weighted by molar-refractivity contribution is 7.93. The first-order valence-corrected chi connectivity index (χ1v) is 24.3. The van der Waals surface area contributed by atoms with Crippen molar-refractivity contribution in [3.8, 4) is 23.0 Å². The molecule has 0 bridgehead atoms. The lowest BCUT2D eigenvalue weighted by Gasteiger charge is -2.22. The molecule has 0 aliphatic heterocycles. The molecule has 2 saturated carbocycles. The summed E-state index contributed by atoms with van der Waals surface area (Å²) >= 11 is 6.65. The third-order valence-electron chi connectivity index (χ3n) is 12.2. The van der Waals surface area contributed by atoms with E-state index in [1.807, 2.05) is 0 Å². The Morgan fingerprint density at radius 3 is 2.26 bits per heavy atom. The fraction of sp³-hybridized carbons (Fsp3) is 0.455. The van der Waals surface area contributed by atoms with Crippen LogP contribution < -0.4 is 0 Å². The Bertz CT molecular complexity index is 3030. The molecule has 0 saturated heterocycles. The minimum atomic E-state index is -3.81. The molecule has 21 heteroatoms. The molecular formula is C44H40ClF8N5O5S2.